The Bertz CT molecular complexity index is 899. The molecule has 0 aliphatic carbocycles. The first-order chi connectivity index (χ1) is 12.2. The number of hydrogen-bond acceptors (Lipinski definition) is 1. The van der Waals surface area contributed by atoms with Crippen molar-refractivity contribution in [1.82, 2.24) is 9.88 Å². The topological polar surface area (TPSA) is 37.3 Å². The lowest BCUT2D eigenvalue weighted by molar-refractivity contribution is 0.244. The van der Waals surface area contributed by atoms with Crippen LogP contribution in [0, 0.1) is 0 Å². The number of aromatic nitrogens is 1. The van der Waals surface area contributed by atoms with Gasteiger partial charge in [0.25, 0.3) is 0 Å². The van der Waals surface area contributed by atoms with E-state index in [9.17, 15) is 4.79 Å². The summed E-state index contributed by atoms with van der Waals surface area (Å²) in [5, 5.41) is 3.02. The Kier molecular flexibility index (Phi) is 4.02. The van der Waals surface area contributed by atoms with Gasteiger partial charge in [0, 0.05) is 44.0 Å². The molecule has 1 aliphatic heterocycles. The normalized spacial score (nSPS) is 13.5. The predicted molar refractivity (Wildman–Crippen MR) is 101 cm³/mol. The van der Waals surface area contributed by atoms with E-state index in [-0.39, 0.29) is 6.03 Å². The highest BCUT2D eigenvalue weighted by Gasteiger charge is 2.25. The molecule has 0 fully saturated rings. The van der Waals surface area contributed by atoms with Gasteiger partial charge in [0.15, 0.2) is 0 Å². The molecule has 0 saturated carbocycles. The van der Waals surface area contributed by atoms with Crippen molar-refractivity contribution in [2.24, 2.45) is 7.05 Å². The summed E-state index contributed by atoms with van der Waals surface area (Å²) in [5.41, 5.74) is 5.78. The van der Waals surface area contributed by atoms with E-state index in [1.54, 1.807) is 0 Å². The van der Waals surface area contributed by atoms with Crippen LogP contribution in [0.4, 0.5) is 10.5 Å². The van der Waals surface area contributed by atoms with Gasteiger partial charge in [-0.25, -0.2) is 4.79 Å². The summed E-state index contributed by atoms with van der Waals surface area (Å²) < 4.78 is 2.10. The van der Waals surface area contributed by atoms with Crippen LogP contribution in [0.25, 0.3) is 11.1 Å². The zero-order chi connectivity index (χ0) is 17.2. The van der Waals surface area contributed by atoms with Gasteiger partial charge in [-0.1, -0.05) is 42.5 Å². The predicted octanol–water partition coefficient (Wildman–Crippen LogP) is 3.96. The number of rotatable bonds is 4. The van der Waals surface area contributed by atoms with Crippen molar-refractivity contribution < 1.29 is 4.79 Å². The van der Waals surface area contributed by atoms with Crippen molar-refractivity contribution in [2.45, 2.75) is 13.0 Å². The SMILES string of the molecule is Cn1cccc1CCN1C(=O)NCc2c(-c3ccccc3)cccc21. The van der Waals surface area contributed by atoms with E-state index in [0.717, 1.165) is 12.1 Å². The Balaban J connectivity index is 1.67. The van der Waals surface area contributed by atoms with Crippen LogP contribution >= 0.6 is 0 Å². The van der Waals surface area contributed by atoms with Gasteiger partial charge in [0.1, 0.15) is 0 Å². The molecule has 0 spiro atoms. The minimum atomic E-state index is -0.0214. The van der Waals surface area contributed by atoms with Crippen LogP contribution in [0.3, 0.4) is 0 Å². The molecule has 1 aromatic heterocycles. The third-order valence-corrected chi connectivity index (χ3v) is 4.83. The number of anilines is 1. The summed E-state index contributed by atoms with van der Waals surface area (Å²) in [6.07, 6.45) is 2.86. The Hall–Kier alpha value is -3.01. The fourth-order valence-corrected chi connectivity index (χ4v) is 3.47. The molecule has 1 aliphatic rings. The minimum absolute atomic E-state index is 0.0214. The van der Waals surface area contributed by atoms with Gasteiger partial charge in [-0.2, -0.15) is 0 Å². The Morgan fingerprint density at radius 3 is 2.60 bits per heavy atom. The minimum Gasteiger partial charge on any atom is -0.354 e. The molecule has 1 N–H and O–H groups in total. The first-order valence-electron chi connectivity index (χ1n) is 8.57. The number of aryl methyl sites for hydroxylation is 1. The second-order valence-electron chi connectivity index (χ2n) is 6.34. The molecule has 2 amide bonds. The number of urea groups is 1. The number of amides is 2. The zero-order valence-corrected chi connectivity index (χ0v) is 14.3. The first kappa shape index (κ1) is 15.5. The van der Waals surface area contributed by atoms with Gasteiger partial charge in [-0.05, 0) is 29.3 Å². The highest BCUT2D eigenvalue weighted by molar-refractivity contribution is 5.96. The van der Waals surface area contributed by atoms with Crippen molar-refractivity contribution in [3.63, 3.8) is 0 Å². The van der Waals surface area contributed by atoms with E-state index in [1.807, 2.05) is 54.5 Å². The smallest absolute Gasteiger partial charge is 0.322 e. The average molecular weight is 331 g/mol. The lowest BCUT2D eigenvalue weighted by Gasteiger charge is -2.31. The van der Waals surface area contributed by atoms with E-state index >= 15 is 0 Å². The number of nitrogens with zero attached hydrogens (tertiary/aromatic N) is 2. The number of benzene rings is 2. The van der Waals surface area contributed by atoms with Crippen molar-refractivity contribution in [3.05, 3.63) is 78.1 Å². The molecule has 3 aromatic rings. The standard InChI is InChI=1S/C21H21N3O/c1-23-13-6-9-17(23)12-14-24-20-11-5-10-18(16-7-3-2-4-8-16)19(20)15-22-21(24)25/h2-11,13H,12,14-15H2,1H3,(H,22,25). The molecular weight excluding hydrogens is 310 g/mol. The molecule has 0 atom stereocenters. The van der Waals surface area contributed by atoms with Gasteiger partial charge in [0.2, 0.25) is 0 Å². The maximum Gasteiger partial charge on any atom is 0.322 e. The summed E-state index contributed by atoms with van der Waals surface area (Å²) >= 11 is 0. The molecule has 0 saturated heterocycles. The zero-order valence-electron chi connectivity index (χ0n) is 14.3. The van der Waals surface area contributed by atoms with Crippen LogP contribution in [0.2, 0.25) is 0 Å². The van der Waals surface area contributed by atoms with Gasteiger partial charge in [-0.3, -0.25) is 4.90 Å². The van der Waals surface area contributed by atoms with Crippen molar-refractivity contribution in [2.75, 3.05) is 11.4 Å². The van der Waals surface area contributed by atoms with Crippen LogP contribution in [-0.4, -0.2) is 17.1 Å². The summed E-state index contributed by atoms with van der Waals surface area (Å²) in [5.74, 6) is 0. The molecule has 2 heterocycles. The molecule has 25 heavy (non-hydrogen) atoms. The van der Waals surface area contributed by atoms with Crippen LogP contribution in [0.5, 0.6) is 0 Å². The maximum absolute atomic E-state index is 12.5. The van der Waals surface area contributed by atoms with Gasteiger partial charge in [0.05, 0.1) is 5.69 Å². The number of hydrogen-bond donors (Lipinski definition) is 1. The Morgan fingerprint density at radius 1 is 1.00 bits per heavy atom. The van der Waals surface area contributed by atoms with Crippen LogP contribution < -0.4 is 10.2 Å². The number of nitrogens with one attached hydrogen (secondary N) is 1. The number of carbonyl (C=O) groups excluding carboxylic acids is 1. The van der Waals surface area contributed by atoms with Gasteiger partial charge < -0.3 is 9.88 Å². The monoisotopic (exact) mass is 331 g/mol. The molecule has 2 aromatic carbocycles. The molecule has 0 bridgehead atoms. The Labute approximate surface area is 147 Å². The number of carbonyl (C=O) groups is 1. The highest BCUT2D eigenvalue weighted by Crippen LogP contribution is 2.33. The third kappa shape index (κ3) is 2.91. The summed E-state index contributed by atoms with van der Waals surface area (Å²) in [6.45, 7) is 1.23. The molecule has 0 unspecified atom stereocenters. The molecule has 126 valence electrons. The molecule has 0 radical (unpaired) electrons. The molecular formula is C21H21N3O. The lowest BCUT2D eigenvalue weighted by Crippen LogP contribution is -2.45. The second-order valence-corrected chi connectivity index (χ2v) is 6.34. The molecule has 4 heteroatoms. The van der Waals surface area contributed by atoms with E-state index in [0.29, 0.717) is 13.1 Å². The van der Waals surface area contributed by atoms with E-state index in [1.165, 1.54) is 22.4 Å². The lowest BCUT2D eigenvalue weighted by atomic mass is 9.96. The van der Waals surface area contributed by atoms with Crippen molar-refractivity contribution in [1.29, 1.82) is 0 Å². The Morgan fingerprint density at radius 2 is 1.84 bits per heavy atom. The quantitative estimate of drug-likeness (QED) is 0.772. The average Bonchev–Trinajstić information content (AvgIpc) is 3.06. The van der Waals surface area contributed by atoms with E-state index in [2.05, 4.69) is 34.1 Å². The summed E-state index contributed by atoms with van der Waals surface area (Å²) in [4.78, 5) is 14.3. The molecule has 4 nitrogen and oxygen atoms in total. The fourth-order valence-electron chi connectivity index (χ4n) is 3.47. The van der Waals surface area contributed by atoms with Crippen LogP contribution in [0.1, 0.15) is 11.3 Å². The number of fused-ring (bicyclic) bond motifs is 1. The van der Waals surface area contributed by atoms with Crippen molar-refractivity contribution in [3.8, 4) is 11.1 Å². The van der Waals surface area contributed by atoms with Gasteiger partial charge >= 0.3 is 6.03 Å². The van der Waals surface area contributed by atoms with Crippen LogP contribution in [0.15, 0.2) is 66.9 Å². The fraction of sp³-hybridized carbons (Fsp3) is 0.190. The van der Waals surface area contributed by atoms with Gasteiger partial charge in [-0.15, -0.1) is 0 Å². The highest BCUT2D eigenvalue weighted by atomic mass is 16.2. The van der Waals surface area contributed by atoms with Crippen LogP contribution in [-0.2, 0) is 20.0 Å². The molecule has 4 rings (SSSR count). The van der Waals surface area contributed by atoms with E-state index in [4.69, 9.17) is 0 Å². The van der Waals surface area contributed by atoms with Crippen molar-refractivity contribution >= 4 is 11.7 Å². The summed E-state index contributed by atoms with van der Waals surface area (Å²) in [6, 6.07) is 20.7. The van der Waals surface area contributed by atoms with E-state index < -0.39 is 0 Å². The second kappa shape index (κ2) is 6.48. The largest absolute Gasteiger partial charge is 0.354 e. The maximum atomic E-state index is 12.5. The summed E-state index contributed by atoms with van der Waals surface area (Å²) in [7, 11) is 2.03. The first-order valence-corrected chi connectivity index (χ1v) is 8.57. The third-order valence-electron chi connectivity index (χ3n) is 4.83.